The Morgan fingerprint density at radius 2 is 2.27 bits per heavy atom. The number of ether oxygens (including phenoxy) is 1. The number of rotatable bonds is 6. The maximum absolute atomic E-state index is 5.82. The lowest BCUT2D eigenvalue weighted by Gasteiger charge is -2.21. The van der Waals surface area contributed by atoms with Crippen LogP contribution in [0.25, 0.3) is 0 Å². The van der Waals surface area contributed by atoms with Crippen molar-refractivity contribution in [1.29, 1.82) is 0 Å². The average Bonchev–Trinajstić information content (AvgIpc) is 2.58. The van der Waals surface area contributed by atoms with Crippen molar-refractivity contribution in [2.75, 3.05) is 19.5 Å². The molecule has 0 aliphatic heterocycles. The predicted molar refractivity (Wildman–Crippen MR) is 66.1 cm³/mol. The quantitative estimate of drug-likeness (QED) is 0.784. The minimum Gasteiger partial charge on any atom is -0.398 e. The molecule has 1 heterocycles. The van der Waals surface area contributed by atoms with E-state index in [1.807, 2.05) is 11.4 Å². The second-order valence-corrected chi connectivity index (χ2v) is 4.99. The van der Waals surface area contributed by atoms with E-state index in [4.69, 9.17) is 10.5 Å². The molecule has 15 heavy (non-hydrogen) atoms. The van der Waals surface area contributed by atoms with E-state index < -0.39 is 0 Å². The molecular formula is C11H20N2OS. The molecule has 1 unspecified atom stereocenters. The molecule has 1 atom stereocenters. The van der Waals surface area contributed by atoms with Gasteiger partial charge < -0.3 is 15.8 Å². The van der Waals surface area contributed by atoms with Gasteiger partial charge in [0.1, 0.15) is 0 Å². The molecule has 0 aliphatic carbocycles. The highest BCUT2D eigenvalue weighted by Gasteiger charge is 2.12. The molecule has 0 radical (unpaired) electrons. The molecule has 4 heteroatoms. The summed E-state index contributed by atoms with van der Waals surface area (Å²) in [5, 5.41) is 5.49. The first kappa shape index (κ1) is 12.5. The maximum Gasteiger partial charge on any atom is 0.0618 e. The Morgan fingerprint density at radius 1 is 1.53 bits per heavy atom. The molecule has 0 spiro atoms. The summed E-state index contributed by atoms with van der Waals surface area (Å²) in [6.45, 7) is 5.95. The van der Waals surface area contributed by atoms with Gasteiger partial charge >= 0.3 is 0 Å². The number of nitrogens with one attached hydrogen (secondary N) is 1. The highest BCUT2D eigenvalue weighted by molar-refractivity contribution is 7.10. The SMILES string of the molecule is COCC(NCc1sccc1N)C(C)C. The van der Waals surface area contributed by atoms with Gasteiger partial charge in [-0.2, -0.15) is 0 Å². The molecule has 0 saturated heterocycles. The third-order valence-corrected chi connectivity index (χ3v) is 3.39. The van der Waals surface area contributed by atoms with Crippen LogP contribution < -0.4 is 11.1 Å². The summed E-state index contributed by atoms with van der Waals surface area (Å²) in [4.78, 5) is 1.21. The van der Waals surface area contributed by atoms with Crippen molar-refractivity contribution < 1.29 is 4.74 Å². The summed E-state index contributed by atoms with van der Waals surface area (Å²) in [5.41, 5.74) is 6.70. The van der Waals surface area contributed by atoms with Gasteiger partial charge in [0, 0.05) is 30.3 Å². The highest BCUT2D eigenvalue weighted by atomic mass is 32.1. The van der Waals surface area contributed by atoms with Crippen molar-refractivity contribution in [2.45, 2.75) is 26.4 Å². The van der Waals surface area contributed by atoms with E-state index in [1.54, 1.807) is 18.4 Å². The van der Waals surface area contributed by atoms with Crippen LogP contribution in [-0.2, 0) is 11.3 Å². The van der Waals surface area contributed by atoms with E-state index >= 15 is 0 Å². The molecule has 1 aromatic rings. The first-order valence-corrected chi connectivity index (χ1v) is 6.07. The molecule has 3 N–H and O–H groups in total. The van der Waals surface area contributed by atoms with Crippen LogP contribution in [0.3, 0.4) is 0 Å². The lowest BCUT2D eigenvalue weighted by Crippen LogP contribution is -2.37. The Labute approximate surface area is 95.6 Å². The van der Waals surface area contributed by atoms with Crippen molar-refractivity contribution in [3.63, 3.8) is 0 Å². The van der Waals surface area contributed by atoms with E-state index in [1.165, 1.54) is 4.88 Å². The molecule has 1 aromatic heterocycles. The van der Waals surface area contributed by atoms with Gasteiger partial charge in [-0.1, -0.05) is 13.8 Å². The zero-order chi connectivity index (χ0) is 11.3. The molecule has 0 fully saturated rings. The lowest BCUT2D eigenvalue weighted by molar-refractivity contribution is 0.146. The van der Waals surface area contributed by atoms with Gasteiger partial charge in [-0.3, -0.25) is 0 Å². The number of methoxy groups -OCH3 is 1. The number of anilines is 1. The normalized spacial score (nSPS) is 13.3. The van der Waals surface area contributed by atoms with Gasteiger partial charge in [-0.05, 0) is 17.4 Å². The maximum atomic E-state index is 5.82. The molecular weight excluding hydrogens is 208 g/mol. The largest absolute Gasteiger partial charge is 0.398 e. The average molecular weight is 228 g/mol. The second-order valence-electron chi connectivity index (χ2n) is 3.99. The van der Waals surface area contributed by atoms with Crippen molar-refractivity contribution >= 4 is 17.0 Å². The third kappa shape index (κ3) is 3.81. The second kappa shape index (κ2) is 6.10. The number of hydrogen-bond donors (Lipinski definition) is 2. The molecule has 86 valence electrons. The number of nitrogen functional groups attached to an aromatic ring is 1. The van der Waals surface area contributed by atoms with Crippen molar-refractivity contribution in [3.05, 3.63) is 16.3 Å². The van der Waals surface area contributed by atoms with Crippen LogP contribution in [0.1, 0.15) is 18.7 Å². The Balaban J connectivity index is 2.43. The summed E-state index contributed by atoms with van der Waals surface area (Å²) in [5.74, 6) is 0.561. The van der Waals surface area contributed by atoms with Gasteiger partial charge in [-0.25, -0.2) is 0 Å². The fourth-order valence-electron chi connectivity index (χ4n) is 1.38. The highest BCUT2D eigenvalue weighted by Crippen LogP contribution is 2.18. The predicted octanol–water partition coefficient (Wildman–Crippen LogP) is 2.09. The molecule has 0 bridgehead atoms. The number of nitrogens with two attached hydrogens (primary N) is 1. The van der Waals surface area contributed by atoms with E-state index in [9.17, 15) is 0 Å². The fraction of sp³-hybridized carbons (Fsp3) is 0.636. The Bertz CT molecular complexity index is 286. The van der Waals surface area contributed by atoms with Crippen LogP contribution in [-0.4, -0.2) is 19.8 Å². The molecule has 0 amide bonds. The standard InChI is InChI=1S/C11H20N2OS/c1-8(2)10(7-14-3)13-6-11-9(12)4-5-15-11/h4-5,8,10,13H,6-7,12H2,1-3H3. The van der Waals surface area contributed by atoms with E-state index in [0.717, 1.165) is 18.8 Å². The van der Waals surface area contributed by atoms with Gasteiger partial charge in [0.15, 0.2) is 0 Å². The van der Waals surface area contributed by atoms with Crippen LogP contribution in [0, 0.1) is 5.92 Å². The third-order valence-electron chi connectivity index (χ3n) is 2.46. The Morgan fingerprint density at radius 3 is 2.73 bits per heavy atom. The van der Waals surface area contributed by atoms with E-state index in [0.29, 0.717) is 12.0 Å². The summed E-state index contributed by atoms with van der Waals surface area (Å²) in [6.07, 6.45) is 0. The Kier molecular flexibility index (Phi) is 5.08. The van der Waals surface area contributed by atoms with Crippen LogP contribution in [0.4, 0.5) is 5.69 Å². The topological polar surface area (TPSA) is 47.3 Å². The summed E-state index contributed by atoms with van der Waals surface area (Å²) >= 11 is 1.69. The van der Waals surface area contributed by atoms with Crippen molar-refractivity contribution in [2.24, 2.45) is 5.92 Å². The minimum absolute atomic E-state index is 0.386. The molecule has 0 saturated carbocycles. The first-order valence-electron chi connectivity index (χ1n) is 5.19. The van der Waals surface area contributed by atoms with Crippen molar-refractivity contribution in [3.8, 4) is 0 Å². The van der Waals surface area contributed by atoms with E-state index in [-0.39, 0.29) is 0 Å². The zero-order valence-electron chi connectivity index (χ0n) is 9.62. The van der Waals surface area contributed by atoms with Crippen LogP contribution in [0.15, 0.2) is 11.4 Å². The van der Waals surface area contributed by atoms with E-state index in [2.05, 4.69) is 19.2 Å². The summed E-state index contributed by atoms with van der Waals surface area (Å²) in [6, 6.07) is 2.33. The van der Waals surface area contributed by atoms with Crippen LogP contribution in [0.2, 0.25) is 0 Å². The van der Waals surface area contributed by atoms with Gasteiger partial charge in [0.25, 0.3) is 0 Å². The van der Waals surface area contributed by atoms with Gasteiger partial charge in [0.05, 0.1) is 6.61 Å². The lowest BCUT2D eigenvalue weighted by atomic mass is 10.1. The molecule has 1 rings (SSSR count). The monoisotopic (exact) mass is 228 g/mol. The van der Waals surface area contributed by atoms with Gasteiger partial charge in [-0.15, -0.1) is 11.3 Å². The Hall–Kier alpha value is -0.580. The molecule has 0 aromatic carbocycles. The first-order chi connectivity index (χ1) is 7.15. The van der Waals surface area contributed by atoms with Crippen LogP contribution >= 0.6 is 11.3 Å². The molecule has 3 nitrogen and oxygen atoms in total. The molecule has 0 aliphatic rings. The smallest absolute Gasteiger partial charge is 0.0618 e. The minimum atomic E-state index is 0.386. The summed E-state index contributed by atoms with van der Waals surface area (Å²) in [7, 11) is 1.73. The zero-order valence-corrected chi connectivity index (χ0v) is 10.4. The van der Waals surface area contributed by atoms with Crippen molar-refractivity contribution in [1.82, 2.24) is 5.32 Å². The summed E-state index contributed by atoms with van der Waals surface area (Å²) < 4.78 is 5.18. The van der Waals surface area contributed by atoms with Gasteiger partial charge in [0.2, 0.25) is 0 Å². The number of thiophene rings is 1. The fourth-order valence-corrected chi connectivity index (χ4v) is 2.13. The van der Waals surface area contributed by atoms with Crippen LogP contribution in [0.5, 0.6) is 0 Å². The number of hydrogen-bond acceptors (Lipinski definition) is 4.